The molecule has 0 fully saturated rings. The van der Waals surface area contributed by atoms with Crippen LogP contribution in [0.15, 0.2) is 36.4 Å². The highest BCUT2D eigenvalue weighted by Crippen LogP contribution is 2.47. The fourth-order valence-corrected chi connectivity index (χ4v) is 4.81. The van der Waals surface area contributed by atoms with Gasteiger partial charge in [-0.05, 0) is 70.3 Å². The highest BCUT2D eigenvalue weighted by atomic mass is 32.1. The molecule has 4 nitrogen and oxygen atoms in total. The molecule has 0 saturated heterocycles. The topological polar surface area (TPSA) is 61.0 Å². The molecule has 0 spiro atoms. The van der Waals surface area contributed by atoms with Gasteiger partial charge in [0.1, 0.15) is 5.75 Å². The van der Waals surface area contributed by atoms with Gasteiger partial charge >= 0.3 is 0 Å². The number of ether oxygens (including phenoxy) is 1. The van der Waals surface area contributed by atoms with Gasteiger partial charge < -0.3 is 19.8 Å². The molecule has 2 aromatic carbocycles. The zero-order chi connectivity index (χ0) is 21.7. The molecule has 0 saturated carbocycles. The number of fused-ring (bicyclic) bond motifs is 1. The normalized spacial score (nSPS) is 16.8. The van der Waals surface area contributed by atoms with Crippen molar-refractivity contribution in [3.05, 3.63) is 63.6 Å². The lowest BCUT2D eigenvalue weighted by Crippen LogP contribution is -2.33. The minimum atomic E-state index is 0.0927. The van der Waals surface area contributed by atoms with Crippen LogP contribution in [0, 0.1) is 4.77 Å². The van der Waals surface area contributed by atoms with E-state index in [1.807, 2.05) is 12.1 Å². The lowest BCUT2D eigenvalue weighted by atomic mass is 9.63. The zero-order valence-electron chi connectivity index (χ0n) is 18.3. The number of methoxy groups -OCH3 is 1. The second kappa shape index (κ2) is 7.31. The van der Waals surface area contributed by atoms with Gasteiger partial charge in [0.2, 0.25) is 5.88 Å². The maximum absolute atomic E-state index is 10.0. The molecule has 158 valence electrons. The van der Waals surface area contributed by atoms with Crippen molar-refractivity contribution in [1.82, 2.24) is 9.97 Å². The van der Waals surface area contributed by atoms with Crippen LogP contribution >= 0.6 is 12.2 Å². The number of hydrogen-bond acceptors (Lipinski definition) is 3. The summed E-state index contributed by atoms with van der Waals surface area (Å²) < 4.78 is 6.12. The number of imidazole rings is 1. The molecule has 0 amide bonds. The monoisotopic (exact) mass is 422 g/mol. The third-order valence-electron chi connectivity index (χ3n) is 6.59. The van der Waals surface area contributed by atoms with E-state index >= 15 is 0 Å². The molecule has 0 radical (unpaired) electrons. The number of aromatic hydroxyl groups is 1. The molecular formula is C25H30N2O2S. The Kier molecular flexibility index (Phi) is 5.05. The van der Waals surface area contributed by atoms with Crippen molar-refractivity contribution >= 4 is 12.2 Å². The highest BCUT2D eigenvalue weighted by Gasteiger charge is 2.37. The Labute approximate surface area is 183 Å². The molecule has 3 N–H and O–H groups in total. The zero-order valence-corrected chi connectivity index (χ0v) is 19.2. The first-order chi connectivity index (χ1) is 14.1. The van der Waals surface area contributed by atoms with E-state index in [0.29, 0.717) is 16.9 Å². The van der Waals surface area contributed by atoms with E-state index in [1.54, 1.807) is 7.11 Å². The van der Waals surface area contributed by atoms with E-state index in [-0.39, 0.29) is 16.7 Å². The van der Waals surface area contributed by atoms with Crippen molar-refractivity contribution in [2.75, 3.05) is 7.11 Å². The summed E-state index contributed by atoms with van der Waals surface area (Å²) >= 11 is 5.08. The summed E-state index contributed by atoms with van der Waals surface area (Å²) in [5.41, 5.74) is 7.19. The fourth-order valence-electron chi connectivity index (χ4n) is 4.59. The highest BCUT2D eigenvalue weighted by molar-refractivity contribution is 7.71. The van der Waals surface area contributed by atoms with Crippen molar-refractivity contribution < 1.29 is 9.84 Å². The van der Waals surface area contributed by atoms with Gasteiger partial charge in [-0.3, -0.25) is 0 Å². The second-order valence-electron chi connectivity index (χ2n) is 9.65. The number of benzene rings is 2. The van der Waals surface area contributed by atoms with Crippen LogP contribution in [0.3, 0.4) is 0 Å². The molecule has 5 heteroatoms. The van der Waals surface area contributed by atoms with Crippen molar-refractivity contribution in [2.24, 2.45) is 0 Å². The predicted molar refractivity (Wildman–Crippen MR) is 124 cm³/mol. The van der Waals surface area contributed by atoms with Crippen LogP contribution in [-0.2, 0) is 17.3 Å². The molecule has 1 aliphatic rings. The summed E-state index contributed by atoms with van der Waals surface area (Å²) in [6.07, 6.45) is 2.94. The lowest BCUT2D eigenvalue weighted by molar-refractivity contribution is 0.332. The molecule has 1 aliphatic carbocycles. The molecule has 1 heterocycles. The van der Waals surface area contributed by atoms with E-state index in [0.717, 1.165) is 22.4 Å². The van der Waals surface area contributed by atoms with E-state index in [9.17, 15) is 5.11 Å². The fraction of sp³-hybridized carbons (Fsp3) is 0.400. The second-order valence-corrected chi connectivity index (χ2v) is 10.1. The molecule has 1 aromatic heterocycles. The first-order valence-corrected chi connectivity index (χ1v) is 10.8. The minimum absolute atomic E-state index is 0.0927. The van der Waals surface area contributed by atoms with Crippen LogP contribution in [0.5, 0.6) is 11.6 Å². The SMILES string of the molecule is COc1ccc(Cc2[nH]c(=S)[nH]c2O)cc1-c1ccc2c(c1)C(C)(C)CCC2(C)C. The Morgan fingerprint density at radius 3 is 2.30 bits per heavy atom. The van der Waals surface area contributed by atoms with Gasteiger partial charge in [-0.1, -0.05) is 52.0 Å². The number of aromatic amines is 2. The van der Waals surface area contributed by atoms with E-state index in [1.165, 1.54) is 24.0 Å². The summed E-state index contributed by atoms with van der Waals surface area (Å²) in [7, 11) is 1.71. The molecule has 0 bridgehead atoms. The third-order valence-corrected chi connectivity index (χ3v) is 6.79. The minimum Gasteiger partial charge on any atom is -0.496 e. The first-order valence-electron chi connectivity index (χ1n) is 10.4. The summed E-state index contributed by atoms with van der Waals surface area (Å²) in [6, 6.07) is 13.0. The first kappa shape index (κ1) is 20.7. The van der Waals surface area contributed by atoms with Gasteiger partial charge in [-0.2, -0.15) is 0 Å². The number of rotatable bonds is 4. The molecule has 30 heavy (non-hydrogen) atoms. The summed E-state index contributed by atoms with van der Waals surface area (Å²) in [6.45, 7) is 9.37. The van der Waals surface area contributed by atoms with Crippen LogP contribution < -0.4 is 4.74 Å². The summed E-state index contributed by atoms with van der Waals surface area (Å²) in [5, 5.41) is 10.0. The van der Waals surface area contributed by atoms with E-state index in [4.69, 9.17) is 17.0 Å². The maximum atomic E-state index is 10.0. The van der Waals surface area contributed by atoms with Crippen LogP contribution in [0.4, 0.5) is 0 Å². The number of H-pyrrole nitrogens is 2. The van der Waals surface area contributed by atoms with Crippen LogP contribution in [0.2, 0.25) is 0 Å². The van der Waals surface area contributed by atoms with Crippen molar-refractivity contribution in [3.63, 3.8) is 0 Å². The average molecular weight is 423 g/mol. The standard InChI is InChI=1S/C25H30N2O2S/c1-24(2)10-11-25(3,4)19-14-16(7-8-18(19)24)17-12-15(6-9-21(17)29-5)13-20-22(28)27-23(30)26-20/h6-9,12,14,28H,10-11,13H2,1-5H3,(H2,26,27,30). The Morgan fingerprint density at radius 2 is 1.67 bits per heavy atom. The van der Waals surface area contributed by atoms with Crippen LogP contribution in [-0.4, -0.2) is 22.2 Å². The van der Waals surface area contributed by atoms with Crippen LogP contribution in [0.25, 0.3) is 11.1 Å². The molecule has 0 aliphatic heterocycles. The summed E-state index contributed by atoms with van der Waals surface area (Å²) in [5.74, 6) is 0.938. The van der Waals surface area contributed by atoms with Gasteiger partial charge in [0.15, 0.2) is 4.77 Å². The Balaban J connectivity index is 1.80. The molecule has 0 atom stereocenters. The van der Waals surface area contributed by atoms with Crippen molar-refractivity contribution in [2.45, 2.75) is 57.8 Å². The molecular weight excluding hydrogens is 392 g/mol. The van der Waals surface area contributed by atoms with E-state index in [2.05, 4.69) is 61.9 Å². The van der Waals surface area contributed by atoms with Gasteiger partial charge in [-0.15, -0.1) is 0 Å². The maximum Gasteiger partial charge on any atom is 0.210 e. The summed E-state index contributed by atoms with van der Waals surface area (Å²) in [4.78, 5) is 5.76. The number of aromatic nitrogens is 2. The van der Waals surface area contributed by atoms with Gasteiger partial charge in [0.05, 0.1) is 12.8 Å². The Morgan fingerprint density at radius 1 is 0.967 bits per heavy atom. The predicted octanol–water partition coefficient (Wildman–Crippen LogP) is 6.39. The molecule has 3 aromatic rings. The van der Waals surface area contributed by atoms with Gasteiger partial charge in [-0.25, -0.2) is 0 Å². The average Bonchev–Trinajstić information content (AvgIpc) is 3.02. The quantitative estimate of drug-likeness (QED) is 0.427. The third kappa shape index (κ3) is 3.67. The van der Waals surface area contributed by atoms with Crippen LogP contribution in [0.1, 0.15) is 62.9 Å². The molecule has 4 rings (SSSR count). The Hall–Kier alpha value is -2.53. The van der Waals surface area contributed by atoms with Gasteiger partial charge in [0.25, 0.3) is 0 Å². The van der Waals surface area contributed by atoms with Crippen molar-refractivity contribution in [3.8, 4) is 22.8 Å². The van der Waals surface area contributed by atoms with E-state index < -0.39 is 0 Å². The van der Waals surface area contributed by atoms with Gasteiger partial charge in [0, 0.05) is 12.0 Å². The largest absolute Gasteiger partial charge is 0.496 e. The van der Waals surface area contributed by atoms with Crippen molar-refractivity contribution in [1.29, 1.82) is 0 Å². The number of nitrogens with one attached hydrogen (secondary N) is 2. The number of hydrogen-bond donors (Lipinski definition) is 3. The molecule has 0 unspecified atom stereocenters. The smallest absolute Gasteiger partial charge is 0.210 e. The lowest BCUT2D eigenvalue weighted by Gasteiger charge is -2.42. The Bertz CT molecular complexity index is 1150.